The summed E-state index contributed by atoms with van der Waals surface area (Å²) in [7, 11) is 0. The molecule has 0 bridgehead atoms. The normalized spacial score (nSPS) is 46.8. The zero-order valence-electron chi connectivity index (χ0n) is 14.9. The van der Waals surface area contributed by atoms with Crippen LogP contribution in [0.25, 0.3) is 0 Å². The molecule has 0 aliphatic heterocycles. The Kier molecular flexibility index (Phi) is 3.16. The molecule has 4 rings (SSSR count). The van der Waals surface area contributed by atoms with Gasteiger partial charge >= 0.3 is 0 Å². The van der Waals surface area contributed by atoms with E-state index in [1.165, 1.54) is 44.1 Å². The van der Waals surface area contributed by atoms with Crippen LogP contribution in [-0.4, -0.2) is 5.78 Å². The zero-order valence-corrected chi connectivity index (χ0v) is 14.9. The Hall–Kier alpha value is -1.11. The Morgan fingerprint density at radius 3 is 2.65 bits per heavy atom. The first-order valence-electron chi connectivity index (χ1n) is 9.48. The number of fused-ring (bicyclic) bond motifs is 4. The molecule has 0 radical (unpaired) electrons. The highest BCUT2D eigenvalue weighted by Crippen LogP contribution is 2.72. The lowest BCUT2D eigenvalue weighted by Gasteiger charge is -2.59. The molecule has 0 aromatic carbocycles. The first-order valence-corrected chi connectivity index (χ1v) is 9.48. The van der Waals surface area contributed by atoms with Gasteiger partial charge in [0.25, 0.3) is 0 Å². The first kappa shape index (κ1) is 15.4. The summed E-state index contributed by atoms with van der Waals surface area (Å²) in [6.07, 6.45) is 16.0. The van der Waals surface area contributed by atoms with Gasteiger partial charge < -0.3 is 0 Å². The van der Waals surface area contributed by atoms with Gasteiger partial charge in [0.05, 0.1) is 0 Å². The van der Waals surface area contributed by atoms with E-state index in [2.05, 4.69) is 39.5 Å². The topological polar surface area (TPSA) is 17.1 Å². The number of hydrogen-bond acceptors (Lipinski definition) is 1. The molecule has 1 heteroatoms. The zero-order chi connectivity index (χ0) is 16.5. The van der Waals surface area contributed by atoms with Crippen molar-refractivity contribution in [2.24, 2.45) is 34.0 Å². The number of hydrogen-bond donors (Lipinski definition) is 0. The van der Waals surface area contributed by atoms with E-state index >= 15 is 0 Å². The Morgan fingerprint density at radius 2 is 2.04 bits per heavy atom. The number of allylic oxidation sites excluding steroid dienone is 5. The lowest BCUT2D eigenvalue weighted by molar-refractivity contribution is -0.111. The lowest BCUT2D eigenvalue weighted by atomic mass is 9.45. The molecule has 5 unspecified atom stereocenters. The van der Waals surface area contributed by atoms with Crippen molar-refractivity contribution in [1.82, 2.24) is 0 Å². The highest BCUT2D eigenvalue weighted by molar-refractivity contribution is 6.01. The van der Waals surface area contributed by atoms with Crippen molar-refractivity contribution in [3.05, 3.63) is 36.5 Å². The second-order valence-electron chi connectivity index (χ2n) is 9.09. The van der Waals surface area contributed by atoms with Gasteiger partial charge in [-0.25, -0.2) is 0 Å². The van der Waals surface area contributed by atoms with Gasteiger partial charge in [0.15, 0.2) is 5.78 Å². The summed E-state index contributed by atoms with van der Waals surface area (Å²) in [5.74, 6) is 2.42. The van der Waals surface area contributed by atoms with Crippen molar-refractivity contribution in [2.45, 2.75) is 59.3 Å². The van der Waals surface area contributed by atoms with Crippen LogP contribution >= 0.6 is 0 Å². The minimum absolute atomic E-state index is 0.114. The van der Waals surface area contributed by atoms with Crippen LogP contribution < -0.4 is 0 Å². The second-order valence-corrected chi connectivity index (χ2v) is 9.09. The standard InChI is InChI=1S/C22H30O/c1-5-17-16-14-22(11-12-22)19-13-15(23)7-10-21(19,4)18(16)8-9-20(17,3)6-2/h6-7,10,13,16-18H,2,5,8-9,11-12,14H2,1,3-4H3. The average Bonchev–Trinajstić information content (AvgIpc) is 3.29. The molecule has 4 aliphatic rings. The van der Waals surface area contributed by atoms with E-state index < -0.39 is 0 Å². The Morgan fingerprint density at radius 1 is 1.30 bits per heavy atom. The van der Waals surface area contributed by atoms with E-state index in [-0.39, 0.29) is 16.6 Å². The first-order chi connectivity index (χ1) is 10.9. The smallest absolute Gasteiger partial charge is 0.178 e. The molecule has 0 saturated heterocycles. The van der Waals surface area contributed by atoms with E-state index in [4.69, 9.17) is 0 Å². The van der Waals surface area contributed by atoms with E-state index in [1.807, 2.05) is 12.2 Å². The Bertz CT molecular complexity index is 620. The molecule has 1 spiro atoms. The van der Waals surface area contributed by atoms with Gasteiger partial charge in [-0.05, 0) is 72.8 Å². The molecule has 0 N–H and O–H groups in total. The molecule has 3 saturated carbocycles. The van der Waals surface area contributed by atoms with Crippen LogP contribution in [0, 0.1) is 34.0 Å². The van der Waals surface area contributed by atoms with Crippen LogP contribution in [0.1, 0.15) is 59.3 Å². The maximum Gasteiger partial charge on any atom is 0.178 e. The van der Waals surface area contributed by atoms with Gasteiger partial charge in [0.2, 0.25) is 0 Å². The van der Waals surface area contributed by atoms with Crippen LogP contribution in [0.5, 0.6) is 0 Å². The summed E-state index contributed by atoms with van der Waals surface area (Å²) in [6.45, 7) is 11.4. The summed E-state index contributed by atoms with van der Waals surface area (Å²) in [4.78, 5) is 12.0. The molecule has 3 fully saturated rings. The molecular weight excluding hydrogens is 280 g/mol. The van der Waals surface area contributed by atoms with Crippen molar-refractivity contribution < 1.29 is 4.79 Å². The summed E-state index contributed by atoms with van der Waals surface area (Å²) in [5.41, 5.74) is 2.24. The van der Waals surface area contributed by atoms with Crippen molar-refractivity contribution >= 4 is 5.78 Å². The number of carbonyl (C=O) groups excluding carboxylic acids is 1. The van der Waals surface area contributed by atoms with E-state index in [0.29, 0.717) is 11.3 Å². The number of rotatable bonds is 2. The minimum atomic E-state index is 0.114. The molecule has 124 valence electrons. The molecular formula is C22H30O. The van der Waals surface area contributed by atoms with Crippen LogP contribution in [0.4, 0.5) is 0 Å². The van der Waals surface area contributed by atoms with Gasteiger partial charge in [0, 0.05) is 5.41 Å². The molecule has 0 aromatic heterocycles. The molecule has 4 aliphatic carbocycles. The molecule has 0 heterocycles. The fourth-order valence-electron chi connectivity index (χ4n) is 6.61. The highest BCUT2D eigenvalue weighted by atomic mass is 16.1. The van der Waals surface area contributed by atoms with Crippen LogP contribution in [0.15, 0.2) is 36.5 Å². The third kappa shape index (κ3) is 1.95. The second kappa shape index (κ2) is 4.71. The minimum Gasteiger partial charge on any atom is -0.290 e. The predicted molar refractivity (Wildman–Crippen MR) is 94.9 cm³/mol. The quantitative estimate of drug-likeness (QED) is 0.617. The van der Waals surface area contributed by atoms with E-state index in [1.54, 1.807) is 0 Å². The van der Waals surface area contributed by atoms with E-state index in [0.717, 1.165) is 11.8 Å². The highest BCUT2D eigenvalue weighted by Gasteiger charge is 2.63. The number of ketones is 1. The van der Waals surface area contributed by atoms with Crippen molar-refractivity contribution in [3.63, 3.8) is 0 Å². The van der Waals surface area contributed by atoms with E-state index in [9.17, 15) is 4.79 Å². The van der Waals surface area contributed by atoms with Crippen LogP contribution in [0.3, 0.4) is 0 Å². The SMILES string of the molecule is C=CC1(C)CCC2C(CC3(CC3)C3=CC(=O)C=CC32C)C1CC. The van der Waals surface area contributed by atoms with Gasteiger partial charge in [-0.1, -0.05) is 44.9 Å². The Labute approximate surface area is 140 Å². The summed E-state index contributed by atoms with van der Waals surface area (Å²) in [5, 5.41) is 0. The lowest BCUT2D eigenvalue weighted by Crippen LogP contribution is -2.52. The van der Waals surface area contributed by atoms with Gasteiger partial charge in [-0.3, -0.25) is 4.79 Å². The third-order valence-electron chi connectivity index (χ3n) is 8.06. The molecule has 1 nitrogen and oxygen atoms in total. The van der Waals surface area contributed by atoms with Crippen molar-refractivity contribution in [3.8, 4) is 0 Å². The van der Waals surface area contributed by atoms with Crippen molar-refractivity contribution in [1.29, 1.82) is 0 Å². The van der Waals surface area contributed by atoms with Crippen LogP contribution in [-0.2, 0) is 4.79 Å². The van der Waals surface area contributed by atoms with Gasteiger partial charge in [-0.2, -0.15) is 0 Å². The molecule has 0 amide bonds. The summed E-state index contributed by atoms with van der Waals surface area (Å²) in [6, 6.07) is 0. The average molecular weight is 310 g/mol. The maximum atomic E-state index is 12.0. The monoisotopic (exact) mass is 310 g/mol. The fraction of sp³-hybridized carbons (Fsp3) is 0.682. The summed E-state index contributed by atoms with van der Waals surface area (Å²) >= 11 is 0. The summed E-state index contributed by atoms with van der Waals surface area (Å²) < 4.78 is 0. The molecule has 23 heavy (non-hydrogen) atoms. The largest absolute Gasteiger partial charge is 0.290 e. The number of carbonyl (C=O) groups is 1. The van der Waals surface area contributed by atoms with Crippen LogP contribution in [0.2, 0.25) is 0 Å². The predicted octanol–water partition coefficient (Wildman–Crippen LogP) is 5.49. The fourth-order valence-corrected chi connectivity index (χ4v) is 6.61. The van der Waals surface area contributed by atoms with Gasteiger partial charge in [0.1, 0.15) is 0 Å². The molecule has 5 atom stereocenters. The maximum absolute atomic E-state index is 12.0. The van der Waals surface area contributed by atoms with Gasteiger partial charge in [-0.15, -0.1) is 6.58 Å². The van der Waals surface area contributed by atoms with Crippen molar-refractivity contribution in [2.75, 3.05) is 0 Å². The third-order valence-corrected chi connectivity index (χ3v) is 8.06. The molecule has 0 aromatic rings. The Balaban J connectivity index is 1.80.